The Hall–Kier alpha value is -1.64. The number of nitrogens with zero attached hydrogens (tertiary/aromatic N) is 3. The van der Waals surface area contributed by atoms with E-state index in [9.17, 15) is 4.79 Å². The number of hydrogen-bond acceptors (Lipinski definition) is 7. The molecule has 0 aromatic carbocycles. The zero-order valence-corrected chi connectivity index (χ0v) is 16.5. The van der Waals surface area contributed by atoms with Crippen LogP contribution in [0.25, 0.3) is 0 Å². The molecular weight excluding hydrogens is 356 g/mol. The van der Waals surface area contributed by atoms with Crippen molar-refractivity contribution in [2.45, 2.75) is 31.2 Å². The van der Waals surface area contributed by atoms with Gasteiger partial charge in [-0.3, -0.25) is 4.79 Å². The molecule has 2 heterocycles. The van der Waals surface area contributed by atoms with Gasteiger partial charge in [-0.05, 0) is 26.3 Å². The van der Waals surface area contributed by atoms with E-state index in [1.54, 1.807) is 13.2 Å². The highest BCUT2D eigenvalue weighted by molar-refractivity contribution is 8.01. The summed E-state index contributed by atoms with van der Waals surface area (Å²) in [5.74, 6) is 0.477. The Morgan fingerprint density at radius 3 is 3.00 bits per heavy atom. The second-order valence-electron chi connectivity index (χ2n) is 5.54. The SMILES string of the molecule is C=CCNc1nnc(SCC(=O)c2cc(C)n(CCCOC)c2C)s1. The summed E-state index contributed by atoms with van der Waals surface area (Å²) in [4.78, 5) is 12.6. The number of hydrogen-bond donors (Lipinski definition) is 1. The van der Waals surface area contributed by atoms with Crippen LogP contribution in [0, 0.1) is 13.8 Å². The van der Waals surface area contributed by atoms with Crippen molar-refractivity contribution in [3.05, 3.63) is 35.7 Å². The van der Waals surface area contributed by atoms with Crippen LogP contribution < -0.4 is 5.32 Å². The first-order chi connectivity index (χ1) is 12.1. The van der Waals surface area contributed by atoms with E-state index in [2.05, 4.69) is 26.7 Å². The maximum absolute atomic E-state index is 12.6. The summed E-state index contributed by atoms with van der Waals surface area (Å²) in [7, 11) is 1.70. The van der Waals surface area contributed by atoms with Gasteiger partial charge in [0.15, 0.2) is 10.1 Å². The molecule has 2 aromatic rings. The molecule has 136 valence electrons. The summed E-state index contributed by atoms with van der Waals surface area (Å²) in [5, 5.41) is 12.0. The summed E-state index contributed by atoms with van der Waals surface area (Å²) >= 11 is 2.87. The van der Waals surface area contributed by atoms with Crippen LogP contribution in [0.15, 0.2) is 23.1 Å². The minimum atomic E-state index is 0.117. The normalized spacial score (nSPS) is 10.8. The van der Waals surface area contributed by atoms with E-state index < -0.39 is 0 Å². The molecule has 0 bridgehead atoms. The van der Waals surface area contributed by atoms with Crippen molar-refractivity contribution in [2.24, 2.45) is 0 Å². The zero-order valence-electron chi connectivity index (χ0n) is 14.9. The molecule has 0 amide bonds. The van der Waals surface area contributed by atoms with Crippen molar-refractivity contribution < 1.29 is 9.53 Å². The van der Waals surface area contributed by atoms with Crippen LogP contribution in [0.4, 0.5) is 5.13 Å². The van der Waals surface area contributed by atoms with E-state index in [0.717, 1.165) is 46.0 Å². The van der Waals surface area contributed by atoms with Gasteiger partial charge >= 0.3 is 0 Å². The fourth-order valence-electron chi connectivity index (χ4n) is 2.50. The molecule has 0 aliphatic rings. The van der Waals surface area contributed by atoms with Gasteiger partial charge in [0.25, 0.3) is 0 Å². The first-order valence-electron chi connectivity index (χ1n) is 8.06. The standard InChI is InChI=1S/C17H24N4O2S2/c1-5-7-18-16-19-20-17(25-16)24-11-15(22)14-10-12(2)21(13(14)3)8-6-9-23-4/h5,10H,1,6-9,11H2,2-4H3,(H,18,19). The van der Waals surface area contributed by atoms with Crippen molar-refractivity contribution in [2.75, 3.05) is 31.3 Å². The Bertz CT molecular complexity index is 724. The maximum Gasteiger partial charge on any atom is 0.206 e. The van der Waals surface area contributed by atoms with Crippen LogP contribution >= 0.6 is 23.1 Å². The van der Waals surface area contributed by atoms with Gasteiger partial charge in [-0.15, -0.1) is 16.8 Å². The highest BCUT2D eigenvalue weighted by Gasteiger charge is 2.16. The summed E-state index contributed by atoms with van der Waals surface area (Å²) in [6.45, 7) is 9.91. The topological polar surface area (TPSA) is 69.0 Å². The van der Waals surface area contributed by atoms with Gasteiger partial charge in [-0.25, -0.2) is 0 Å². The number of Topliss-reactive ketones (excluding diaryl/α,β-unsaturated/α-hetero) is 1. The van der Waals surface area contributed by atoms with Crippen LogP contribution in [0.2, 0.25) is 0 Å². The Morgan fingerprint density at radius 1 is 1.48 bits per heavy atom. The number of anilines is 1. The molecule has 6 nitrogen and oxygen atoms in total. The Labute approximate surface area is 156 Å². The third-order valence-electron chi connectivity index (χ3n) is 3.74. The van der Waals surface area contributed by atoms with Crippen molar-refractivity contribution in [3.8, 4) is 0 Å². The highest BCUT2D eigenvalue weighted by atomic mass is 32.2. The second kappa shape index (κ2) is 9.74. The largest absolute Gasteiger partial charge is 0.385 e. The lowest BCUT2D eigenvalue weighted by Crippen LogP contribution is -2.08. The Morgan fingerprint density at radius 2 is 2.28 bits per heavy atom. The van der Waals surface area contributed by atoms with Gasteiger partial charge < -0.3 is 14.6 Å². The van der Waals surface area contributed by atoms with Crippen LogP contribution in [-0.2, 0) is 11.3 Å². The van der Waals surface area contributed by atoms with Crippen molar-refractivity contribution in [3.63, 3.8) is 0 Å². The zero-order chi connectivity index (χ0) is 18.2. The molecule has 0 aliphatic heterocycles. The lowest BCUT2D eigenvalue weighted by molar-refractivity contribution is 0.102. The third kappa shape index (κ3) is 5.42. The molecule has 2 rings (SSSR count). The van der Waals surface area contributed by atoms with E-state index in [1.807, 2.05) is 19.9 Å². The Balaban J connectivity index is 1.95. The molecule has 0 spiro atoms. The molecule has 0 radical (unpaired) electrons. The number of aryl methyl sites for hydroxylation is 1. The van der Waals surface area contributed by atoms with Gasteiger partial charge in [0, 0.05) is 43.8 Å². The third-order valence-corrected chi connectivity index (χ3v) is 5.75. The number of thioether (sulfide) groups is 1. The quantitative estimate of drug-likeness (QED) is 0.278. The number of ether oxygens (including phenoxy) is 1. The average Bonchev–Trinajstić information content (AvgIpc) is 3.17. The summed E-state index contributed by atoms with van der Waals surface area (Å²) < 4.78 is 8.07. The number of aromatic nitrogens is 3. The molecule has 0 atom stereocenters. The predicted molar refractivity (Wildman–Crippen MR) is 104 cm³/mol. The van der Waals surface area contributed by atoms with Crippen LogP contribution in [-0.4, -0.2) is 46.6 Å². The van der Waals surface area contributed by atoms with Crippen LogP contribution in [0.5, 0.6) is 0 Å². The molecule has 0 unspecified atom stereocenters. The Kier molecular flexibility index (Phi) is 7.67. The molecular formula is C17H24N4O2S2. The van der Waals surface area contributed by atoms with Gasteiger partial charge in [0.2, 0.25) is 5.13 Å². The van der Waals surface area contributed by atoms with E-state index >= 15 is 0 Å². The highest BCUT2D eigenvalue weighted by Crippen LogP contribution is 2.27. The number of nitrogens with one attached hydrogen (secondary N) is 1. The molecule has 25 heavy (non-hydrogen) atoms. The van der Waals surface area contributed by atoms with Crippen molar-refractivity contribution >= 4 is 34.0 Å². The number of ketones is 1. The summed E-state index contributed by atoms with van der Waals surface area (Å²) in [6, 6.07) is 1.97. The minimum absolute atomic E-state index is 0.117. The fourth-order valence-corrected chi connectivity index (χ4v) is 4.14. The number of rotatable bonds is 11. The smallest absolute Gasteiger partial charge is 0.206 e. The van der Waals surface area contributed by atoms with Gasteiger partial charge in [0.1, 0.15) is 0 Å². The summed E-state index contributed by atoms with van der Waals surface area (Å²) in [5.41, 5.74) is 2.91. The minimum Gasteiger partial charge on any atom is -0.385 e. The molecule has 0 fully saturated rings. The first kappa shape index (κ1) is 19.7. The van der Waals surface area contributed by atoms with Crippen molar-refractivity contribution in [1.29, 1.82) is 0 Å². The second-order valence-corrected chi connectivity index (χ2v) is 7.74. The number of carbonyl (C=O) groups excluding carboxylic acids is 1. The predicted octanol–water partition coefficient (Wildman–Crippen LogP) is 3.57. The maximum atomic E-state index is 12.6. The van der Waals surface area contributed by atoms with E-state index in [-0.39, 0.29) is 5.78 Å². The molecule has 2 aromatic heterocycles. The average molecular weight is 381 g/mol. The monoisotopic (exact) mass is 380 g/mol. The van der Waals surface area contributed by atoms with E-state index in [1.165, 1.54) is 23.1 Å². The van der Waals surface area contributed by atoms with Gasteiger partial charge in [-0.1, -0.05) is 29.2 Å². The lowest BCUT2D eigenvalue weighted by atomic mass is 10.2. The lowest BCUT2D eigenvalue weighted by Gasteiger charge is -2.09. The van der Waals surface area contributed by atoms with E-state index in [4.69, 9.17) is 4.74 Å². The molecule has 0 aliphatic carbocycles. The summed E-state index contributed by atoms with van der Waals surface area (Å²) in [6.07, 6.45) is 2.70. The van der Waals surface area contributed by atoms with Crippen LogP contribution in [0.3, 0.4) is 0 Å². The molecule has 8 heteroatoms. The van der Waals surface area contributed by atoms with Crippen LogP contribution in [0.1, 0.15) is 28.2 Å². The number of methoxy groups -OCH3 is 1. The van der Waals surface area contributed by atoms with Gasteiger partial charge in [0.05, 0.1) is 5.75 Å². The van der Waals surface area contributed by atoms with Gasteiger partial charge in [-0.2, -0.15) is 0 Å². The number of carbonyl (C=O) groups is 1. The van der Waals surface area contributed by atoms with Crippen molar-refractivity contribution in [1.82, 2.24) is 14.8 Å². The molecule has 0 saturated carbocycles. The first-order valence-corrected chi connectivity index (χ1v) is 9.87. The molecule has 1 N–H and O–H groups in total. The fraction of sp³-hybridized carbons (Fsp3) is 0.471. The van der Waals surface area contributed by atoms with E-state index in [0.29, 0.717) is 12.3 Å². The molecule has 0 saturated heterocycles.